The third-order valence-electron chi connectivity index (χ3n) is 4.60. The number of nitrogens with one attached hydrogen (secondary N) is 1. The fourth-order valence-electron chi connectivity index (χ4n) is 2.64. The summed E-state index contributed by atoms with van der Waals surface area (Å²) in [4.78, 5) is 2.14. The molecule has 2 nitrogen and oxygen atoms in total. The zero-order valence-corrected chi connectivity index (χ0v) is 13.8. The average molecular weight is 298 g/mol. The molecule has 1 N–H and O–H groups in total. The van der Waals surface area contributed by atoms with E-state index in [-0.39, 0.29) is 17.1 Å². The van der Waals surface area contributed by atoms with Crippen molar-refractivity contribution in [2.75, 3.05) is 20.6 Å². The molecular weight excluding hydrogens is 270 g/mol. The second kappa shape index (κ2) is 7.85. The molecule has 0 saturated heterocycles. The first-order chi connectivity index (χ1) is 9.86. The van der Waals surface area contributed by atoms with Gasteiger partial charge < -0.3 is 10.2 Å². The summed E-state index contributed by atoms with van der Waals surface area (Å²) in [6, 6.07) is 4.06. The van der Waals surface area contributed by atoms with E-state index in [1.54, 1.807) is 0 Å². The van der Waals surface area contributed by atoms with Gasteiger partial charge in [-0.3, -0.25) is 0 Å². The molecule has 2 unspecified atom stereocenters. The molecule has 0 aromatic heterocycles. The van der Waals surface area contributed by atoms with Crippen LogP contribution in [-0.4, -0.2) is 37.1 Å². The molecule has 1 rings (SSSR count). The summed E-state index contributed by atoms with van der Waals surface area (Å²) >= 11 is 0. The van der Waals surface area contributed by atoms with E-state index in [1.807, 2.05) is 14.1 Å². The number of likely N-dealkylation sites (N-methyl/N-ethyl adjacent to an activating group) is 1. The molecule has 0 aliphatic carbocycles. The Morgan fingerprint density at radius 2 is 1.76 bits per heavy atom. The topological polar surface area (TPSA) is 15.3 Å². The molecule has 0 aliphatic heterocycles. The molecule has 0 amide bonds. The molecule has 4 heteroatoms. The fourth-order valence-corrected chi connectivity index (χ4v) is 2.64. The van der Waals surface area contributed by atoms with Crippen LogP contribution in [0, 0.1) is 11.6 Å². The van der Waals surface area contributed by atoms with E-state index in [4.69, 9.17) is 0 Å². The average Bonchev–Trinajstić information content (AvgIpc) is 2.45. The second-order valence-corrected chi connectivity index (χ2v) is 6.02. The summed E-state index contributed by atoms with van der Waals surface area (Å²) in [5.74, 6) is -0.925. The van der Waals surface area contributed by atoms with Crippen molar-refractivity contribution in [1.82, 2.24) is 10.2 Å². The van der Waals surface area contributed by atoms with Crippen molar-refractivity contribution >= 4 is 0 Å². The predicted molar refractivity (Wildman–Crippen MR) is 84.5 cm³/mol. The number of rotatable bonds is 8. The Balaban J connectivity index is 3.08. The van der Waals surface area contributed by atoms with Gasteiger partial charge in [-0.15, -0.1) is 0 Å². The van der Waals surface area contributed by atoms with Crippen LogP contribution < -0.4 is 5.32 Å². The first kappa shape index (κ1) is 18.1. The van der Waals surface area contributed by atoms with Gasteiger partial charge in [-0.25, -0.2) is 8.78 Å². The summed E-state index contributed by atoms with van der Waals surface area (Å²) in [5.41, 5.74) is 0.0109. The van der Waals surface area contributed by atoms with E-state index >= 15 is 0 Å². The Morgan fingerprint density at radius 3 is 2.19 bits per heavy atom. The summed E-state index contributed by atoms with van der Waals surface area (Å²) in [6.07, 6.45) is 2.24. The quantitative estimate of drug-likeness (QED) is 0.789. The molecule has 0 saturated carbocycles. The number of hydrogen-bond donors (Lipinski definition) is 1. The number of hydrogen-bond acceptors (Lipinski definition) is 2. The zero-order chi connectivity index (χ0) is 16.0. The Kier molecular flexibility index (Phi) is 6.75. The van der Waals surface area contributed by atoms with Crippen LogP contribution in [0.5, 0.6) is 0 Å². The summed E-state index contributed by atoms with van der Waals surface area (Å²) in [5, 5.41) is 3.47. The molecular formula is C17H28F2N2. The SMILES string of the molecule is CCCNC(Cc1c(F)cccc1F)C(C)(CC)N(C)C. The molecule has 0 radical (unpaired) electrons. The van der Waals surface area contributed by atoms with E-state index < -0.39 is 11.6 Å². The van der Waals surface area contributed by atoms with Crippen molar-refractivity contribution < 1.29 is 8.78 Å². The highest BCUT2D eigenvalue weighted by Gasteiger charge is 2.35. The van der Waals surface area contributed by atoms with Gasteiger partial charge in [-0.1, -0.05) is 19.9 Å². The van der Waals surface area contributed by atoms with Gasteiger partial charge >= 0.3 is 0 Å². The Bertz CT molecular complexity index is 428. The Hall–Kier alpha value is -1.00. The minimum Gasteiger partial charge on any atom is -0.312 e. The normalized spacial score (nSPS) is 16.0. The van der Waals surface area contributed by atoms with Gasteiger partial charge in [0.25, 0.3) is 0 Å². The predicted octanol–water partition coefficient (Wildman–Crippen LogP) is 3.61. The molecule has 0 spiro atoms. The maximum absolute atomic E-state index is 13.9. The van der Waals surface area contributed by atoms with Crippen LogP contribution >= 0.6 is 0 Å². The van der Waals surface area contributed by atoms with Crippen LogP contribution in [0.15, 0.2) is 18.2 Å². The second-order valence-electron chi connectivity index (χ2n) is 6.02. The highest BCUT2D eigenvalue weighted by molar-refractivity contribution is 5.22. The zero-order valence-electron chi connectivity index (χ0n) is 13.8. The molecule has 0 fully saturated rings. The van der Waals surface area contributed by atoms with Gasteiger partial charge in [0.2, 0.25) is 0 Å². The lowest BCUT2D eigenvalue weighted by atomic mass is 9.83. The molecule has 1 aromatic rings. The number of benzene rings is 1. The van der Waals surface area contributed by atoms with Crippen molar-refractivity contribution in [2.45, 2.75) is 51.6 Å². The van der Waals surface area contributed by atoms with E-state index in [1.165, 1.54) is 18.2 Å². The maximum Gasteiger partial charge on any atom is 0.129 e. The van der Waals surface area contributed by atoms with Crippen molar-refractivity contribution in [2.24, 2.45) is 0 Å². The lowest BCUT2D eigenvalue weighted by molar-refractivity contribution is 0.111. The number of nitrogens with zero attached hydrogens (tertiary/aromatic N) is 1. The van der Waals surface area contributed by atoms with Crippen LogP contribution in [0.2, 0.25) is 0 Å². The molecule has 120 valence electrons. The first-order valence-corrected chi connectivity index (χ1v) is 7.70. The third kappa shape index (κ3) is 4.24. The highest BCUT2D eigenvalue weighted by Crippen LogP contribution is 2.26. The number of halogens is 2. The van der Waals surface area contributed by atoms with E-state index in [2.05, 4.69) is 31.0 Å². The lowest BCUT2D eigenvalue weighted by Crippen LogP contribution is -2.58. The molecule has 0 heterocycles. The van der Waals surface area contributed by atoms with Crippen molar-refractivity contribution in [1.29, 1.82) is 0 Å². The smallest absolute Gasteiger partial charge is 0.129 e. The van der Waals surface area contributed by atoms with Gasteiger partial charge in [-0.05, 0) is 59.0 Å². The Morgan fingerprint density at radius 1 is 1.19 bits per heavy atom. The van der Waals surface area contributed by atoms with E-state index in [0.29, 0.717) is 6.42 Å². The Labute approximate surface area is 127 Å². The maximum atomic E-state index is 13.9. The lowest BCUT2D eigenvalue weighted by Gasteiger charge is -2.43. The molecule has 0 bridgehead atoms. The first-order valence-electron chi connectivity index (χ1n) is 7.70. The molecule has 21 heavy (non-hydrogen) atoms. The molecule has 2 atom stereocenters. The third-order valence-corrected chi connectivity index (χ3v) is 4.60. The molecule has 0 aliphatic rings. The van der Waals surface area contributed by atoms with Crippen molar-refractivity contribution in [3.8, 4) is 0 Å². The highest BCUT2D eigenvalue weighted by atomic mass is 19.1. The monoisotopic (exact) mass is 298 g/mol. The van der Waals surface area contributed by atoms with Crippen LogP contribution in [0.25, 0.3) is 0 Å². The molecule has 1 aromatic carbocycles. The largest absolute Gasteiger partial charge is 0.312 e. The van der Waals surface area contributed by atoms with Crippen molar-refractivity contribution in [3.05, 3.63) is 35.4 Å². The minimum absolute atomic E-state index is 0.0103. The fraction of sp³-hybridized carbons (Fsp3) is 0.647. The summed E-state index contributed by atoms with van der Waals surface area (Å²) < 4.78 is 27.9. The van der Waals surface area contributed by atoms with Crippen LogP contribution in [0.1, 0.15) is 39.2 Å². The summed E-state index contributed by atoms with van der Waals surface area (Å²) in [7, 11) is 4.03. The van der Waals surface area contributed by atoms with Gasteiger partial charge in [0.15, 0.2) is 0 Å². The van der Waals surface area contributed by atoms with Gasteiger partial charge in [0, 0.05) is 17.1 Å². The van der Waals surface area contributed by atoms with E-state index in [9.17, 15) is 8.78 Å². The van der Waals surface area contributed by atoms with Gasteiger partial charge in [0.1, 0.15) is 11.6 Å². The summed E-state index contributed by atoms with van der Waals surface area (Å²) in [6.45, 7) is 7.17. The van der Waals surface area contributed by atoms with E-state index in [0.717, 1.165) is 19.4 Å². The van der Waals surface area contributed by atoms with Crippen LogP contribution in [-0.2, 0) is 6.42 Å². The van der Waals surface area contributed by atoms with Crippen LogP contribution in [0.4, 0.5) is 8.78 Å². The van der Waals surface area contributed by atoms with Crippen molar-refractivity contribution in [3.63, 3.8) is 0 Å². The van der Waals surface area contributed by atoms with Gasteiger partial charge in [0.05, 0.1) is 0 Å². The van der Waals surface area contributed by atoms with Crippen LogP contribution in [0.3, 0.4) is 0 Å². The van der Waals surface area contributed by atoms with Gasteiger partial charge in [-0.2, -0.15) is 0 Å². The minimum atomic E-state index is -0.462. The standard InChI is InChI=1S/C17H28F2N2/c1-6-11-20-16(17(3,7-2)21(4)5)12-13-14(18)9-8-10-15(13)19/h8-10,16,20H,6-7,11-12H2,1-5H3.